The summed E-state index contributed by atoms with van der Waals surface area (Å²) in [6.45, 7) is 5.19. The van der Waals surface area contributed by atoms with Crippen LogP contribution in [0.3, 0.4) is 0 Å². The van der Waals surface area contributed by atoms with Gasteiger partial charge in [-0.2, -0.15) is 0 Å². The van der Waals surface area contributed by atoms with Crippen molar-refractivity contribution < 1.29 is 24.2 Å². The molecule has 0 radical (unpaired) electrons. The van der Waals surface area contributed by atoms with Crippen LogP contribution in [0.1, 0.15) is 36.3 Å². The highest BCUT2D eigenvalue weighted by Gasteiger charge is 2.35. The Morgan fingerprint density at radius 2 is 1.71 bits per heavy atom. The molecule has 2 aliphatic rings. The Morgan fingerprint density at radius 3 is 2.29 bits per heavy atom. The van der Waals surface area contributed by atoms with Gasteiger partial charge in [0.05, 0.1) is 6.61 Å². The van der Waals surface area contributed by atoms with Crippen LogP contribution in [0.4, 0.5) is 4.79 Å². The summed E-state index contributed by atoms with van der Waals surface area (Å²) in [7, 11) is 1.54. The van der Waals surface area contributed by atoms with E-state index in [2.05, 4.69) is 30.8 Å². The molecule has 0 spiro atoms. The third-order valence-electron chi connectivity index (χ3n) is 6.63. The summed E-state index contributed by atoms with van der Waals surface area (Å²) in [5.74, 6) is -0.270. The Balaban J connectivity index is 1.47. The van der Waals surface area contributed by atoms with Crippen LogP contribution < -0.4 is 0 Å². The smallest absolute Gasteiger partial charge is 0.410 e. The molecule has 2 atom stereocenters. The summed E-state index contributed by atoms with van der Waals surface area (Å²) in [5.41, 5.74) is 4.54. The van der Waals surface area contributed by atoms with Gasteiger partial charge in [0.15, 0.2) is 6.29 Å². The average molecular weight is 465 g/mol. The van der Waals surface area contributed by atoms with Gasteiger partial charge in [-0.1, -0.05) is 54.6 Å². The van der Waals surface area contributed by atoms with E-state index in [0.717, 1.165) is 35.1 Å². The summed E-state index contributed by atoms with van der Waals surface area (Å²) >= 11 is 0. The average Bonchev–Trinajstić information content (AvgIpc) is 3.51. The predicted octanol–water partition coefficient (Wildman–Crippen LogP) is 3.77. The molecule has 0 aromatic heterocycles. The van der Waals surface area contributed by atoms with E-state index in [1.807, 2.05) is 24.3 Å². The van der Waals surface area contributed by atoms with E-state index in [0.29, 0.717) is 13.1 Å². The maximum atomic E-state index is 13.2. The Hall–Kier alpha value is -3.16. The van der Waals surface area contributed by atoms with E-state index < -0.39 is 18.4 Å². The zero-order valence-corrected chi connectivity index (χ0v) is 19.6. The number of carbonyl (C=O) groups is 2. The SMILES string of the molecule is C=CCOC(O)C[C@@H](C(=O)N1CCCC1)N(C)C(=O)OCC1c2ccccc2-c2ccccc21. The lowest BCUT2D eigenvalue weighted by Gasteiger charge is -2.31. The first-order chi connectivity index (χ1) is 16.5. The Bertz CT molecular complexity index is 988. The number of amides is 2. The lowest BCUT2D eigenvalue weighted by atomic mass is 9.98. The van der Waals surface area contributed by atoms with E-state index in [9.17, 15) is 14.7 Å². The molecule has 1 aliphatic carbocycles. The molecular formula is C27H32N2O5. The van der Waals surface area contributed by atoms with E-state index in [1.54, 1.807) is 4.90 Å². The molecule has 0 bridgehead atoms. The quantitative estimate of drug-likeness (QED) is 0.452. The van der Waals surface area contributed by atoms with Crippen molar-refractivity contribution in [1.29, 1.82) is 0 Å². The van der Waals surface area contributed by atoms with E-state index in [4.69, 9.17) is 9.47 Å². The minimum atomic E-state index is -1.20. The van der Waals surface area contributed by atoms with Gasteiger partial charge >= 0.3 is 6.09 Å². The Labute approximate surface area is 200 Å². The highest BCUT2D eigenvalue weighted by molar-refractivity contribution is 5.86. The number of benzene rings is 2. The van der Waals surface area contributed by atoms with Crippen LogP contribution in [-0.2, 0) is 14.3 Å². The number of rotatable bonds is 9. The molecule has 2 aromatic carbocycles. The monoisotopic (exact) mass is 464 g/mol. The lowest BCUT2D eigenvalue weighted by molar-refractivity contribution is -0.143. The van der Waals surface area contributed by atoms with Crippen molar-refractivity contribution >= 4 is 12.0 Å². The molecule has 7 nitrogen and oxygen atoms in total. The largest absolute Gasteiger partial charge is 0.448 e. The van der Waals surface area contributed by atoms with E-state index in [1.165, 1.54) is 18.0 Å². The van der Waals surface area contributed by atoms with Crippen LogP contribution in [0.2, 0.25) is 0 Å². The number of ether oxygens (including phenoxy) is 2. The summed E-state index contributed by atoms with van der Waals surface area (Å²) in [6, 6.07) is 15.4. The van der Waals surface area contributed by atoms with Gasteiger partial charge in [-0.25, -0.2) is 4.79 Å². The van der Waals surface area contributed by atoms with Crippen molar-refractivity contribution in [2.45, 2.75) is 37.5 Å². The highest BCUT2D eigenvalue weighted by Crippen LogP contribution is 2.44. The number of fused-ring (bicyclic) bond motifs is 3. The van der Waals surface area contributed by atoms with Gasteiger partial charge in [0.25, 0.3) is 0 Å². The van der Waals surface area contributed by atoms with Crippen LogP contribution in [0, 0.1) is 0 Å². The third kappa shape index (κ3) is 5.00. The molecule has 4 rings (SSSR count). The molecule has 0 saturated carbocycles. The van der Waals surface area contributed by atoms with Gasteiger partial charge in [0, 0.05) is 32.5 Å². The molecule has 34 heavy (non-hydrogen) atoms. The molecular weight excluding hydrogens is 432 g/mol. The maximum absolute atomic E-state index is 13.2. The number of hydrogen-bond acceptors (Lipinski definition) is 5. The molecule has 1 saturated heterocycles. The molecule has 1 fully saturated rings. The number of hydrogen-bond donors (Lipinski definition) is 1. The minimum absolute atomic E-state index is 0.0378. The Morgan fingerprint density at radius 1 is 1.12 bits per heavy atom. The van der Waals surface area contributed by atoms with Gasteiger partial charge < -0.3 is 19.5 Å². The van der Waals surface area contributed by atoms with Crippen molar-refractivity contribution in [3.63, 3.8) is 0 Å². The van der Waals surface area contributed by atoms with Gasteiger partial charge in [-0.05, 0) is 35.1 Å². The predicted molar refractivity (Wildman–Crippen MR) is 129 cm³/mol. The molecule has 2 amide bonds. The highest BCUT2D eigenvalue weighted by atomic mass is 16.6. The fourth-order valence-electron chi connectivity index (χ4n) is 4.83. The molecule has 7 heteroatoms. The molecule has 1 N–H and O–H groups in total. The van der Waals surface area contributed by atoms with Crippen LogP contribution >= 0.6 is 0 Å². The van der Waals surface area contributed by atoms with Crippen LogP contribution in [0.5, 0.6) is 0 Å². The summed E-state index contributed by atoms with van der Waals surface area (Å²) < 4.78 is 11.0. The second-order valence-corrected chi connectivity index (χ2v) is 8.78. The zero-order valence-electron chi connectivity index (χ0n) is 19.6. The van der Waals surface area contributed by atoms with Crippen molar-refractivity contribution in [2.75, 3.05) is 33.4 Å². The first-order valence-corrected chi connectivity index (χ1v) is 11.8. The number of nitrogens with zero attached hydrogens (tertiary/aromatic N) is 2. The van der Waals surface area contributed by atoms with Crippen LogP contribution in [-0.4, -0.2) is 72.6 Å². The van der Waals surface area contributed by atoms with Crippen LogP contribution in [0.15, 0.2) is 61.2 Å². The van der Waals surface area contributed by atoms with Gasteiger partial charge in [0.1, 0.15) is 12.6 Å². The maximum Gasteiger partial charge on any atom is 0.410 e. The molecule has 2 aromatic rings. The van der Waals surface area contributed by atoms with Gasteiger partial charge in [-0.3, -0.25) is 9.69 Å². The Kier molecular flexibility index (Phi) is 7.65. The van der Waals surface area contributed by atoms with Crippen molar-refractivity contribution in [2.24, 2.45) is 0 Å². The van der Waals surface area contributed by atoms with Crippen molar-refractivity contribution in [3.8, 4) is 11.1 Å². The summed E-state index contributed by atoms with van der Waals surface area (Å²) in [6.07, 6.45) is 1.55. The van der Waals surface area contributed by atoms with Gasteiger partial charge in [0.2, 0.25) is 5.91 Å². The molecule has 1 heterocycles. The lowest BCUT2D eigenvalue weighted by Crippen LogP contribution is -2.50. The third-order valence-corrected chi connectivity index (χ3v) is 6.63. The van der Waals surface area contributed by atoms with E-state index in [-0.39, 0.29) is 31.5 Å². The standard InChI is InChI=1S/C27H32N2O5/c1-3-16-33-25(30)17-24(26(31)29-14-8-9-15-29)28(2)27(32)34-18-23-21-12-6-4-10-19(21)20-11-5-7-13-22(20)23/h3-7,10-13,23-25,30H,1,8-9,14-18H2,2H3/t24-,25?/m0/s1. The molecule has 1 unspecified atom stereocenters. The van der Waals surface area contributed by atoms with E-state index >= 15 is 0 Å². The second-order valence-electron chi connectivity index (χ2n) is 8.78. The minimum Gasteiger partial charge on any atom is -0.448 e. The fourth-order valence-corrected chi connectivity index (χ4v) is 4.83. The first kappa shape index (κ1) is 24.0. The number of carbonyl (C=O) groups excluding carboxylic acids is 2. The van der Waals surface area contributed by atoms with Crippen molar-refractivity contribution in [3.05, 3.63) is 72.3 Å². The number of likely N-dealkylation sites (N-methyl/N-ethyl adjacent to an activating group) is 1. The number of aliphatic hydroxyl groups excluding tert-OH is 1. The molecule has 1 aliphatic heterocycles. The topological polar surface area (TPSA) is 79.3 Å². The number of likely N-dealkylation sites (tertiary alicyclic amines) is 1. The number of aliphatic hydroxyl groups is 1. The molecule has 180 valence electrons. The summed E-state index contributed by atoms with van der Waals surface area (Å²) in [5, 5.41) is 10.3. The van der Waals surface area contributed by atoms with Crippen molar-refractivity contribution in [1.82, 2.24) is 9.80 Å². The normalized spacial score (nSPS) is 16.5. The van der Waals surface area contributed by atoms with Gasteiger partial charge in [-0.15, -0.1) is 6.58 Å². The summed E-state index contributed by atoms with van der Waals surface area (Å²) in [4.78, 5) is 29.3. The van der Waals surface area contributed by atoms with Crippen LogP contribution in [0.25, 0.3) is 11.1 Å². The second kappa shape index (κ2) is 10.8. The first-order valence-electron chi connectivity index (χ1n) is 11.8. The zero-order chi connectivity index (χ0) is 24.1. The fraction of sp³-hybridized carbons (Fsp3) is 0.407.